The summed E-state index contributed by atoms with van der Waals surface area (Å²) < 4.78 is 5.68. The van der Waals surface area contributed by atoms with Gasteiger partial charge in [0.25, 0.3) is 5.91 Å². The van der Waals surface area contributed by atoms with Crippen LogP contribution in [0.15, 0.2) is 0 Å². The Morgan fingerprint density at radius 3 is 2.88 bits per heavy atom. The van der Waals surface area contributed by atoms with Gasteiger partial charge in [-0.3, -0.25) is 9.89 Å². The maximum Gasteiger partial charge on any atom is 0.272 e. The number of rotatable bonds is 2. The molecule has 1 aromatic rings. The third-order valence-electron chi connectivity index (χ3n) is 2.87. The van der Waals surface area contributed by atoms with Gasteiger partial charge in [-0.1, -0.05) is 0 Å². The zero-order chi connectivity index (χ0) is 12.6. The smallest absolute Gasteiger partial charge is 0.272 e. The first-order valence-corrected chi connectivity index (χ1v) is 6.02. The van der Waals surface area contributed by atoms with Crippen molar-refractivity contribution >= 4 is 5.91 Å². The van der Waals surface area contributed by atoms with Gasteiger partial charge in [-0.15, -0.1) is 0 Å². The normalized spacial score (nSPS) is 23.6. The van der Waals surface area contributed by atoms with Crippen LogP contribution in [0.2, 0.25) is 0 Å². The standard InChI is InChI=1S/C12H19N3O2/c1-6(2)13-12(16)11-9-5-7(3)17-8(4)10(9)14-15-11/h6-8H,5H2,1-4H3,(H,13,16)(H,14,15)/t7-,8+/m0/s1. The summed E-state index contributed by atoms with van der Waals surface area (Å²) in [4.78, 5) is 12.0. The highest BCUT2D eigenvalue weighted by molar-refractivity contribution is 5.94. The van der Waals surface area contributed by atoms with E-state index in [9.17, 15) is 4.79 Å². The van der Waals surface area contributed by atoms with Crippen LogP contribution >= 0.6 is 0 Å². The van der Waals surface area contributed by atoms with Gasteiger partial charge in [-0.25, -0.2) is 0 Å². The number of hydrogen-bond acceptors (Lipinski definition) is 3. The Balaban J connectivity index is 2.29. The van der Waals surface area contributed by atoms with E-state index in [4.69, 9.17) is 4.74 Å². The summed E-state index contributed by atoms with van der Waals surface area (Å²) in [6, 6.07) is 0.115. The average molecular weight is 237 g/mol. The highest BCUT2D eigenvalue weighted by atomic mass is 16.5. The molecular weight excluding hydrogens is 218 g/mol. The third kappa shape index (κ3) is 2.34. The quantitative estimate of drug-likeness (QED) is 0.820. The van der Waals surface area contributed by atoms with Crippen LogP contribution < -0.4 is 5.32 Å². The van der Waals surface area contributed by atoms with E-state index in [0.29, 0.717) is 5.69 Å². The monoisotopic (exact) mass is 237 g/mol. The molecular formula is C12H19N3O2. The molecule has 0 fully saturated rings. The number of hydrogen-bond donors (Lipinski definition) is 2. The number of aromatic nitrogens is 2. The summed E-state index contributed by atoms with van der Waals surface area (Å²) in [5, 5.41) is 9.90. The highest BCUT2D eigenvalue weighted by Gasteiger charge is 2.29. The summed E-state index contributed by atoms with van der Waals surface area (Å²) in [5.74, 6) is -0.112. The Hall–Kier alpha value is -1.36. The zero-order valence-electron chi connectivity index (χ0n) is 10.7. The van der Waals surface area contributed by atoms with Crippen LogP contribution in [0.3, 0.4) is 0 Å². The second-order valence-corrected chi connectivity index (χ2v) is 4.89. The number of H-pyrrole nitrogens is 1. The third-order valence-corrected chi connectivity index (χ3v) is 2.87. The molecule has 1 aliphatic rings. The minimum absolute atomic E-state index is 0.0261. The molecule has 0 aromatic carbocycles. The fraction of sp³-hybridized carbons (Fsp3) is 0.667. The first-order valence-electron chi connectivity index (χ1n) is 6.02. The maximum absolute atomic E-state index is 12.0. The van der Waals surface area contributed by atoms with Gasteiger partial charge < -0.3 is 10.1 Å². The first kappa shape index (κ1) is 12.1. The molecule has 0 saturated carbocycles. The number of carbonyl (C=O) groups excluding carboxylic acids is 1. The molecule has 5 nitrogen and oxygen atoms in total. The molecule has 17 heavy (non-hydrogen) atoms. The molecule has 0 unspecified atom stereocenters. The second kappa shape index (κ2) is 4.49. The number of nitrogens with zero attached hydrogens (tertiary/aromatic N) is 1. The zero-order valence-corrected chi connectivity index (χ0v) is 10.7. The topological polar surface area (TPSA) is 67.0 Å². The molecule has 1 aliphatic heterocycles. The predicted octanol–water partition coefficient (Wildman–Crippen LogP) is 1.57. The van der Waals surface area contributed by atoms with Crippen LogP contribution in [0.1, 0.15) is 55.5 Å². The van der Waals surface area contributed by atoms with Crippen LogP contribution in [0.4, 0.5) is 0 Å². The van der Waals surface area contributed by atoms with E-state index in [0.717, 1.165) is 17.7 Å². The summed E-state index contributed by atoms with van der Waals surface area (Å²) in [7, 11) is 0. The van der Waals surface area contributed by atoms with Gasteiger partial charge in [0, 0.05) is 18.0 Å². The molecule has 0 aliphatic carbocycles. The van der Waals surface area contributed by atoms with Gasteiger partial charge in [-0.2, -0.15) is 5.10 Å². The fourth-order valence-electron chi connectivity index (χ4n) is 2.19. The summed E-state index contributed by atoms with van der Waals surface area (Å²) in [6.45, 7) is 7.85. The van der Waals surface area contributed by atoms with Crippen LogP contribution in [0, 0.1) is 0 Å². The van der Waals surface area contributed by atoms with Gasteiger partial charge in [0.1, 0.15) is 0 Å². The Bertz CT molecular complexity index is 425. The minimum Gasteiger partial charge on any atom is -0.369 e. The van der Waals surface area contributed by atoms with Crippen molar-refractivity contribution in [3.8, 4) is 0 Å². The molecule has 2 rings (SSSR count). The number of carbonyl (C=O) groups is 1. The molecule has 0 spiro atoms. The van der Waals surface area contributed by atoms with Crippen molar-refractivity contribution in [2.45, 2.75) is 52.4 Å². The fourth-order valence-corrected chi connectivity index (χ4v) is 2.19. The SMILES string of the molecule is CC(C)NC(=O)c1n[nH]c2c1C[C@H](C)O[C@@H]2C. The Morgan fingerprint density at radius 2 is 2.24 bits per heavy atom. The Morgan fingerprint density at radius 1 is 1.53 bits per heavy atom. The largest absolute Gasteiger partial charge is 0.369 e. The molecule has 0 radical (unpaired) electrons. The van der Waals surface area contributed by atoms with Crippen molar-refractivity contribution in [3.63, 3.8) is 0 Å². The molecule has 1 amide bonds. The lowest BCUT2D eigenvalue weighted by atomic mass is 9.99. The number of ether oxygens (including phenoxy) is 1. The van der Waals surface area contributed by atoms with Gasteiger partial charge in [0.05, 0.1) is 17.9 Å². The predicted molar refractivity (Wildman–Crippen MR) is 63.9 cm³/mol. The van der Waals surface area contributed by atoms with Gasteiger partial charge in [0.15, 0.2) is 5.69 Å². The van der Waals surface area contributed by atoms with Crippen LogP contribution in [0.25, 0.3) is 0 Å². The Labute approximate surface area is 101 Å². The van der Waals surface area contributed by atoms with E-state index in [1.165, 1.54) is 0 Å². The molecule has 1 aromatic heterocycles. The van der Waals surface area contributed by atoms with Crippen LogP contribution in [-0.2, 0) is 11.2 Å². The van der Waals surface area contributed by atoms with Crippen molar-refractivity contribution in [2.24, 2.45) is 0 Å². The van der Waals surface area contributed by atoms with E-state index >= 15 is 0 Å². The lowest BCUT2D eigenvalue weighted by molar-refractivity contribution is -0.00697. The van der Waals surface area contributed by atoms with Gasteiger partial charge in [-0.05, 0) is 27.7 Å². The minimum atomic E-state index is -0.112. The maximum atomic E-state index is 12.0. The van der Waals surface area contributed by atoms with E-state index in [1.807, 2.05) is 27.7 Å². The Kier molecular flexibility index (Phi) is 3.19. The summed E-state index contributed by atoms with van der Waals surface area (Å²) in [6.07, 6.45) is 0.833. The van der Waals surface area contributed by atoms with Crippen molar-refractivity contribution in [1.82, 2.24) is 15.5 Å². The summed E-state index contributed by atoms with van der Waals surface area (Å²) in [5.41, 5.74) is 2.43. The first-order chi connectivity index (χ1) is 7.99. The number of fused-ring (bicyclic) bond motifs is 1. The van der Waals surface area contributed by atoms with Crippen molar-refractivity contribution < 1.29 is 9.53 Å². The van der Waals surface area contributed by atoms with E-state index in [1.54, 1.807) is 0 Å². The molecule has 5 heteroatoms. The van der Waals surface area contributed by atoms with E-state index in [2.05, 4.69) is 15.5 Å². The lowest BCUT2D eigenvalue weighted by Gasteiger charge is -2.25. The second-order valence-electron chi connectivity index (χ2n) is 4.89. The molecule has 2 heterocycles. The average Bonchev–Trinajstić information content (AvgIpc) is 2.59. The molecule has 0 bridgehead atoms. The van der Waals surface area contributed by atoms with Crippen LogP contribution in [0.5, 0.6) is 0 Å². The number of nitrogens with one attached hydrogen (secondary N) is 2. The summed E-state index contributed by atoms with van der Waals surface area (Å²) >= 11 is 0. The van der Waals surface area contributed by atoms with Crippen molar-refractivity contribution in [1.29, 1.82) is 0 Å². The van der Waals surface area contributed by atoms with Gasteiger partial charge in [0.2, 0.25) is 0 Å². The van der Waals surface area contributed by atoms with E-state index in [-0.39, 0.29) is 24.2 Å². The van der Waals surface area contributed by atoms with Crippen molar-refractivity contribution in [3.05, 3.63) is 17.0 Å². The molecule has 2 N–H and O–H groups in total. The molecule has 2 atom stereocenters. The number of amides is 1. The van der Waals surface area contributed by atoms with Gasteiger partial charge >= 0.3 is 0 Å². The lowest BCUT2D eigenvalue weighted by Crippen LogP contribution is -2.32. The molecule has 0 saturated heterocycles. The highest BCUT2D eigenvalue weighted by Crippen LogP contribution is 2.29. The van der Waals surface area contributed by atoms with Crippen molar-refractivity contribution in [2.75, 3.05) is 0 Å². The number of aromatic amines is 1. The van der Waals surface area contributed by atoms with E-state index < -0.39 is 0 Å². The molecule has 94 valence electrons. The van der Waals surface area contributed by atoms with Crippen LogP contribution in [-0.4, -0.2) is 28.3 Å².